The molecule has 0 saturated carbocycles. The van der Waals surface area contributed by atoms with Crippen LogP contribution in [0.5, 0.6) is 0 Å². The number of carbonyl (C=O) groups is 2. The smallest absolute Gasteiger partial charge is 0.356 e. The van der Waals surface area contributed by atoms with E-state index in [4.69, 9.17) is 5.11 Å². The number of rotatable bonds is 5. The van der Waals surface area contributed by atoms with Gasteiger partial charge < -0.3 is 15.3 Å². The van der Waals surface area contributed by atoms with Crippen LogP contribution in [0.2, 0.25) is 0 Å². The summed E-state index contributed by atoms with van der Waals surface area (Å²) >= 11 is 0. The van der Waals surface area contributed by atoms with Gasteiger partial charge >= 0.3 is 5.97 Å². The molecule has 92 valence electrons. The van der Waals surface area contributed by atoms with E-state index in [1.165, 1.54) is 6.20 Å². The second-order valence-electron chi connectivity index (χ2n) is 3.36. The number of carboxylic acids is 1. The first kappa shape index (κ1) is 12.9. The van der Waals surface area contributed by atoms with Crippen LogP contribution >= 0.6 is 0 Å². The molecule has 0 atom stereocenters. The lowest BCUT2D eigenvalue weighted by Crippen LogP contribution is -2.32. The quantitative estimate of drug-likeness (QED) is 0.753. The van der Waals surface area contributed by atoms with E-state index in [2.05, 4.69) is 15.3 Å². The Balaban J connectivity index is 2.60. The standard InChI is InChI=1S/C10H14N4O3/c1-3-14(2)9(15)6-12-8-5-11-4-7(13-8)10(16)17/h4-5H,3,6H2,1-2H3,(H,12,13)(H,16,17). The molecule has 2 N–H and O–H groups in total. The summed E-state index contributed by atoms with van der Waals surface area (Å²) in [4.78, 5) is 31.2. The maximum atomic E-state index is 11.5. The van der Waals surface area contributed by atoms with Gasteiger partial charge in [-0.05, 0) is 6.92 Å². The highest BCUT2D eigenvalue weighted by Crippen LogP contribution is 2.01. The third kappa shape index (κ3) is 3.71. The van der Waals surface area contributed by atoms with Gasteiger partial charge in [0.15, 0.2) is 5.69 Å². The maximum absolute atomic E-state index is 11.5. The Labute approximate surface area is 98.5 Å². The zero-order valence-corrected chi connectivity index (χ0v) is 9.67. The molecule has 1 heterocycles. The molecule has 1 amide bonds. The van der Waals surface area contributed by atoms with Crippen molar-refractivity contribution >= 4 is 17.7 Å². The Hall–Kier alpha value is -2.18. The molecule has 0 aliphatic carbocycles. The Morgan fingerprint density at radius 3 is 2.76 bits per heavy atom. The van der Waals surface area contributed by atoms with Crippen molar-refractivity contribution in [1.82, 2.24) is 14.9 Å². The lowest BCUT2D eigenvalue weighted by atomic mass is 10.4. The van der Waals surface area contributed by atoms with Crippen LogP contribution in [0.3, 0.4) is 0 Å². The van der Waals surface area contributed by atoms with E-state index < -0.39 is 5.97 Å². The summed E-state index contributed by atoms with van der Waals surface area (Å²) < 4.78 is 0. The fourth-order valence-electron chi connectivity index (χ4n) is 1.03. The summed E-state index contributed by atoms with van der Waals surface area (Å²) in [6.45, 7) is 2.53. The Kier molecular flexibility index (Phi) is 4.38. The van der Waals surface area contributed by atoms with Gasteiger partial charge in [-0.3, -0.25) is 9.78 Å². The number of carbonyl (C=O) groups excluding carboxylic acids is 1. The van der Waals surface area contributed by atoms with Crippen molar-refractivity contribution in [3.05, 3.63) is 18.1 Å². The van der Waals surface area contributed by atoms with Crippen LogP contribution in [0.25, 0.3) is 0 Å². The third-order valence-corrected chi connectivity index (χ3v) is 2.17. The average Bonchev–Trinajstić information content (AvgIpc) is 2.35. The van der Waals surface area contributed by atoms with Crippen LogP contribution in [0.1, 0.15) is 17.4 Å². The van der Waals surface area contributed by atoms with E-state index >= 15 is 0 Å². The number of aromatic nitrogens is 2. The van der Waals surface area contributed by atoms with E-state index in [9.17, 15) is 9.59 Å². The van der Waals surface area contributed by atoms with E-state index in [1.807, 2.05) is 6.92 Å². The molecule has 1 rings (SSSR count). The number of hydrogen-bond acceptors (Lipinski definition) is 5. The van der Waals surface area contributed by atoms with Crippen LogP contribution in [0.15, 0.2) is 12.4 Å². The summed E-state index contributed by atoms with van der Waals surface area (Å²) in [7, 11) is 1.68. The third-order valence-electron chi connectivity index (χ3n) is 2.17. The van der Waals surface area contributed by atoms with Gasteiger partial charge in [0.2, 0.25) is 5.91 Å². The number of hydrogen-bond donors (Lipinski definition) is 2. The van der Waals surface area contributed by atoms with Crippen LogP contribution in [0.4, 0.5) is 5.82 Å². The molecular weight excluding hydrogens is 224 g/mol. The minimum Gasteiger partial charge on any atom is -0.476 e. The zero-order valence-electron chi connectivity index (χ0n) is 9.67. The van der Waals surface area contributed by atoms with Crippen LogP contribution in [-0.4, -0.2) is 52.0 Å². The molecule has 17 heavy (non-hydrogen) atoms. The van der Waals surface area contributed by atoms with Gasteiger partial charge in [0, 0.05) is 13.6 Å². The summed E-state index contributed by atoms with van der Waals surface area (Å²) in [6.07, 6.45) is 2.51. The minimum atomic E-state index is -1.15. The summed E-state index contributed by atoms with van der Waals surface area (Å²) in [5, 5.41) is 11.4. The molecule has 0 aliphatic rings. The molecule has 0 aliphatic heterocycles. The molecule has 7 heteroatoms. The van der Waals surface area contributed by atoms with Gasteiger partial charge in [-0.2, -0.15) is 0 Å². The molecule has 1 aromatic heterocycles. The first-order valence-electron chi connectivity index (χ1n) is 5.07. The second kappa shape index (κ2) is 5.78. The van der Waals surface area contributed by atoms with Crippen molar-refractivity contribution in [2.45, 2.75) is 6.92 Å². The predicted octanol–water partition coefficient (Wildman–Crippen LogP) is 0.0650. The van der Waals surface area contributed by atoms with E-state index in [0.29, 0.717) is 6.54 Å². The van der Waals surface area contributed by atoms with Crippen LogP contribution < -0.4 is 5.32 Å². The van der Waals surface area contributed by atoms with Gasteiger partial charge in [-0.15, -0.1) is 0 Å². The highest BCUT2D eigenvalue weighted by atomic mass is 16.4. The summed E-state index contributed by atoms with van der Waals surface area (Å²) in [5.41, 5.74) is -0.161. The zero-order chi connectivity index (χ0) is 12.8. The number of nitrogens with zero attached hydrogens (tertiary/aromatic N) is 3. The molecule has 7 nitrogen and oxygen atoms in total. The largest absolute Gasteiger partial charge is 0.476 e. The Morgan fingerprint density at radius 2 is 2.18 bits per heavy atom. The number of amides is 1. The number of likely N-dealkylation sites (N-methyl/N-ethyl adjacent to an activating group) is 1. The van der Waals surface area contributed by atoms with Crippen molar-refractivity contribution in [2.75, 3.05) is 25.5 Å². The fraction of sp³-hybridized carbons (Fsp3) is 0.400. The fourth-order valence-corrected chi connectivity index (χ4v) is 1.03. The van der Waals surface area contributed by atoms with Crippen molar-refractivity contribution in [2.24, 2.45) is 0 Å². The summed E-state index contributed by atoms with van der Waals surface area (Å²) in [5.74, 6) is -0.990. The van der Waals surface area contributed by atoms with Crippen LogP contribution in [-0.2, 0) is 4.79 Å². The van der Waals surface area contributed by atoms with E-state index in [1.54, 1.807) is 11.9 Å². The van der Waals surface area contributed by atoms with E-state index in [-0.39, 0.29) is 24.0 Å². The monoisotopic (exact) mass is 238 g/mol. The number of nitrogens with one attached hydrogen (secondary N) is 1. The van der Waals surface area contributed by atoms with Gasteiger partial charge in [0.25, 0.3) is 0 Å². The van der Waals surface area contributed by atoms with E-state index in [0.717, 1.165) is 6.20 Å². The minimum absolute atomic E-state index is 0.0576. The van der Waals surface area contributed by atoms with Crippen LogP contribution in [0, 0.1) is 0 Å². The molecule has 0 bridgehead atoms. The maximum Gasteiger partial charge on any atom is 0.356 e. The van der Waals surface area contributed by atoms with Gasteiger partial charge in [-0.1, -0.05) is 0 Å². The number of anilines is 1. The molecule has 1 aromatic rings. The van der Waals surface area contributed by atoms with Gasteiger partial charge in [-0.25, -0.2) is 9.78 Å². The molecule has 0 radical (unpaired) electrons. The highest BCUT2D eigenvalue weighted by Gasteiger charge is 2.09. The molecule has 0 fully saturated rings. The molecule has 0 unspecified atom stereocenters. The lowest BCUT2D eigenvalue weighted by molar-refractivity contribution is -0.127. The number of carboxylic acid groups (broad SMARTS) is 1. The lowest BCUT2D eigenvalue weighted by Gasteiger charge is -2.14. The number of aromatic carboxylic acids is 1. The molecule has 0 aromatic carbocycles. The van der Waals surface area contributed by atoms with Crippen molar-refractivity contribution in [1.29, 1.82) is 0 Å². The Bertz CT molecular complexity index is 422. The predicted molar refractivity (Wildman–Crippen MR) is 60.8 cm³/mol. The topological polar surface area (TPSA) is 95.4 Å². The molecule has 0 spiro atoms. The summed E-state index contributed by atoms with van der Waals surface area (Å²) in [6, 6.07) is 0. The molecule has 0 saturated heterocycles. The van der Waals surface area contributed by atoms with Crippen molar-refractivity contribution in [3.8, 4) is 0 Å². The first-order chi connectivity index (χ1) is 8.04. The first-order valence-corrected chi connectivity index (χ1v) is 5.07. The normalized spacial score (nSPS) is 9.76. The van der Waals surface area contributed by atoms with Gasteiger partial charge in [0.1, 0.15) is 5.82 Å². The SMILES string of the molecule is CCN(C)C(=O)CNc1cncc(C(=O)O)n1. The highest BCUT2D eigenvalue weighted by molar-refractivity contribution is 5.85. The van der Waals surface area contributed by atoms with Gasteiger partial charge in [0.05, 0.1) is 18.9 Å². The Morgan fingerprint density at radius 1 is 1.47 bits per heavy atom. The molecular formula is C10H14N4O3. The van der Waals surface area contributed by atoms with Crippen molar-refractivity contribution in [3.63, 3.8) is 0 Å². The second-order valence-corrected chi connectivity index (χ2v) is 3.36. The average molecular weight is 238 g/mol. The van der Waals surface area contributed by atoms with Crippen molar-refractivity contribution < 1.29 is 14.7 Å².